The number of amides is 2. The number of rotatable bonds is 4. The van der Waals surface area contributed by atoms with Crippen LogP contribution in [0.5, 0.6) is 0 Å². The molecule has 2 amide bonds. The smallest absolute Gasteiger partial charge is 0.327 e. The van der Waals surface area contributed by atoms with Crippen LogP contribution in [0.4, 0.5) is 5.82 Å². The molecule has 180 valence electrons. The van der Waals surface area contributed by atoms with Gasteiger partial charge in [-0.05, 0) is 23.7 Å². The Bertz CT molecular complexity index is 1390. The lowest BCUT2D eigenvalue weighted by atomic mass is 9.96. The lowest BCUT2D eigenvalue weighted by Crippen LogP contribution is -2.39. The van der Waals surface area contributed by atoms with Crippen LogP contribution in [-0.4, -0.2) is 55.0 Å². The van der Waals surface area contributed by atoms with Gasteiger partial charge in [-0.2, -0.15) is 5.10 Å². The molecule has 0 aromatic carbocycles. The van der Waals surface area contributed by atoms with E-state index in [1.807, 2.05) is 4.90 Å². The second kappa shape index (κ2) is 7.62. The minimum Gasteiger partial charge on any atom is -0.342 e. The first-order chi connectivity index (χ1) is 16.0. The van der Waals surface area contributed by atoms with E-state index in [0.717, 1.165) is 17.8 Å². The number of hydrogen-bond acceptors (Lipinski definition) is 7. The van der Waals surface area contributed by atoms with Crippen molar-refractivity contribution in [2.75, 3.05) is 18.4 Å². The highest BCUT2D eigenvalue weighted by Gasteiger charge is 2.68. The summed E-state index contributed by atoms with van der Waals surface area (Å²) in [5.41, 5.74) is -0.979. The number of likely N-dealkylation sites (tertiary alicyclic amines) is 1. The average molecular weight is 486 g/mol. The maximum atomic E-state index is 13.0. The highest BCUT2D eigenvalue weighted by Crippen LogP contribution is 2.68. The molecule has 2 aliphatic rings. The summed E-state index contributed by atoms with van der Waals surface area (Å²) in [6.07, 6.45) is 1.61. The molecule has 1 saturated heterocycles. The molecule has 1 aliphatic heterocycles. The molecule has 3 aromatic rings. The van der Waals surface area contributed by atoms with E-state index >= 15 is 0 Å². The third-order valence-electron chi connectivity index (χ3n) is 7.87. The number of nitrogens with zero attached hydrogens (tertiary/aromatic N) is 3. The number of thiazole rings is 1. The van der Waals surface area contributed by atoms with Crippen LogP contribution in [0.3, 0.4) is 0 Å². The number of carbonyl (C=O) groups excluding carboxylic acids is 2. The molecule has 1 aliphatic carbocycles. The molecule has 0 bridgehead atoms. The Morgan fingerprint density at radius 2 is 1.79 bits per heavy atom. The van der Waals surface area contributed by atoms with E-state index in [4.69, 9.17) is 0 Å². The second-order valence-electron chi connectivity index (χ2n) is 10.2. The Kier molecular flexibility index (Phi) is 5.04. The van der Waals surface area contributed by atoms with Gasteiger partial charge in [-0.1, -0.05) is 27.7 Å². The molecule has 11 nitrogen and oxygen atoms in total. The summed E-state index contributed by atoms with van der Waals surface area (Å²) in [6, 6.07) is 0. The Morgan fingerprint density at radius 3 is 2.44 bits per heavy atom. The number of hydrogen-bond donors (Lipinski definition) is 4. The zero-order valence-corrected chi connectivity index (χ0v) is 20.3. The molecule has 3 aromatic heterocycles. The lowest BCUT2D eigenvalue weighted by Gasteiger charge is -2.31. The van der Waals surface area contributed by atoms with Gasteiger partial charge in [0, 0.05) is 30.3 Å². The number of H-pyrrole nitrogens is 3. The monoisotopic (exact) mass is 485 g/mol. The van der Waals surface area contributed by atoms with Crippen molar-refractivity contribution in [3.8, 4) is 0 Å². The summed E-state index contributed by atoms with van der Waals surface area (Å²) in [5.74, 6) is 0.108. The quantitative estimate of drug-likeness (QED) is 0.443. The van der Waals surface area contributed by atoms with E-state index in [0.29, 0.717) is 13.1 Å². The Balaban J connectivity index is 1.23. The molecule has 0 atom stereocenters. The van der Waals surface area contributed by atoms with E-state index in [1.54, 1.807) is 5.38 Å². The van der Waals surface area contributed by atoms with Crippen molar-refractivity contribution in [1.29, 1.82) is 0 Å². The van der Waals surface area contributed by atoms with Gasteiger partial charge in [0.1, 0.15) is 16.9 Å². The van der Waals surface area contributed by atoms with Crippen molar-refractivity contribution in [3.63, 3.8) is 0 Å². The van der Waals surface area contributed by atoms with Crippen LogP contribution in [-0.2, 0) is 4.79 Å². The highest BCUT2D eigenvalue weighted by atomic mass is 32.1. The number of piperidine rings is 1. The number of aromatic nitrogens is 5. The summed E-state index contributed by atoms with van der Waals surface area (Å²) in [4.78, 5) is 60.2. The van der Waals surface area contributed by atoms with E-state index in [2.05, 4.69) is 58.2 Å². The summed E-state index contributed by atoms with van der Waals surface area (Å²) < 4.78 is 0. The molecule has 0 spiro atoms. The molecule has 0 radical (unpaired) electrons. The van der Waals surface area contributed by atoms with Gasteiger partial charge < -0.3 is 10.2 Å². The van der Waals surface area contributed by atoms with Crippen LogP contribution in [0.2, 0.25) is 0 Å². The minimum atomic E-state index is -0.677. The van der Waals surface area contributed by atoms with Crippen LogP contribution < -0.4 is 16.6 Å². The predicted octanol–water partition coefficient (Wildman–Crippen LogP) is 2.04. The molecule has 4 heterocycles. The topological polar surface area (TPSA) is 157 Å². The number of anilines is 1. The van der Waals surface area contributed by atoms with Gasteiger partial charge in [0.25, 0.3) is 11.5 Å². The van der Waals surface area contributed by atoms with Crippen molar-refractivity contribution in [3.05, 3.63) is 36.9 Å². The number of fused-ring (bicyclic) bond motifs is 1. The van der Waals surface area contributed by atoms with Crippen molar-refractivity contribution in [2.45, 2.75) is 46.5 Å². The van der Waals surface area contributed by atoms with Gasteiger partial charge in [-0.15, -0.1) is 11.3 Å². The van der Waals surface area contributed by atoms with E-state index in [9.17, 15) is 19.2 Å². The zero-order chi connectivity index (χ0) is 24.4. The Hall–Kier alpha value is -3.28. The molecular weight excluding hydrogens is 458 g/mol. The Morgan fingerprint density at radius 1 is 1.12 bits per heavy atom. The molecule has 5 rings (SSSR count). The molecular formula is C22H27N7O4S. The third-order valence-corrected chi connectivity index (χ3v) is 8.88. The van der Waals surface area contributed by atoms with Crippen LogP contribution in [0.25, 0.3) is 11.0 Å². The zero-order valence-electron chi connectivity index (χ0n) is 19.4. The second-order valence-corrected chi connectivity index (χ2v) is 11.1. The maximum absolute atomic E-state index is 13.0. The molecule has 1 saturated carbocycles. The first-order valence-electron chi connectivity index (χ1n) is 11.3. The van der Waals surface area contributed by atoms with Gasteiger partial charge in [0.15, 0.2) is 5.65 Å². The molecule has 4 N–H and O–H groups in total. The average Bonchev–Trinajstić information content (AvgIpc) is 3.22. The van der Waals surface area contributed by atoms with E-state index in [-0.39, 0.29) is 51.1 Å². The molecule has 2 fully saturated rings. The molecule has 0 unspecified atom stereocenters. The van der Waals surface area contributed by atoms with Crippen LogP contribution in [0, 0.1) is 16.7 Å². The van der Waals surface area contributed by atoms with E-state index in [1.165, 1.54) is 11.3 Å². The van der Waals surface area contributed by atoms with Crippen LogP contribution in [0.1, 0.15) is 62.0 Å². The fourth-order valence-electron chi connectivity index (χ4n) is 5.15. The van der Waals surface area contributed by atoms with Crippen molar-refractivity contribution >= 4 is 40.0 Å². The van der Waals surface area contributed by atoms with Gasteiger partial charge in [0.05, 0.1) is 5.01 Å². The fourth-order valence-corrected chi connectivity index (χ4v) is 6.12. The summed E-state index contributed by atoms with van der Waals surface area (Å²) in [5, 5.41) is 11.6. The highest BCUT2D eigenvalue weighted by molar-refractivity contribution is 7.10. The largest absolute Gasteiger partial charge is 0.342 e. The fraction of sp³-hybridized carbons (Fsp3) is 0.545. The van der Waals surface area contributed by atoms with Crippen LogP contribution >= 0.6 is 11.3 Å². The van der Waals surface area contributed by atoms with Gasteiger partial charge in [-0.3, -0.25) is 29.5 Å². The predicted molar refractivity (Wildman–Crippen MR) is 127 cm³/mol. The standard InChI is InChI=1S/C22H27N7O4S/c1-21(2)13(22(21,3)4)19(32)29-7-5-10(6-8-29)18-23-11(9-34-18)16(30)24-14-12-15(28-27-14)25-20(33)26-17(12)31/h9-10,13H,5-8H2,1-4H3,(H4,24,25,26,27,28,30,31,33). The van der Waals surface area contributed by atoms with E-state index < -0.39 is 17.2 Å². The van der Waals surface area contributed by atoms with Crippen molar-refractivity contribution in [1.82, 2.24) is 30.0 Å². The SMILES string of the molecule is CC1(C)C(C(=O)N2CCC(c3nc(C(=O)Nc4[nH]nc5[nH]c(=O)[nH]c(=O)c45)cs3)CC2)C1(C)C. The summed E-state index contributed by atoms with van der Waals surface area (Å²) >= 11 is 1.42. The molecule has 12 heteroatoms. The third kappa shape index (κ3) is 3.47. The lowest BCUT2D eigenvalue weighted by molar-refractivity contribution is -0.134. The van der Waals surface area contributed by atoms with Gasteiger partial charge >= 0.3 is 5.69 Å². The normalized spacial score (nSPS) is 19.9. The molecule has 34 heavy (non-hydrogen) atoms. The van der Waals surface area contributed by atoms with Crippen molar-refractivity contribution in [2.24, 2.45) is 16.7 Å². The first-order valence-corrected chi connectivity index (χ1v) is 12.1. The number of aromatic amines is 3. The van der Waals surface area contributed by atoms with Gasteiger partial charge in [0.2, 0.25) is 5.91 Å². The maximum Gasteiger partial charge on any atom is 0.327 e. The van der Waals surface area contributed by atoms with Gasteiger partial charge in [-0.25, -0.2) is 9.78 Å². The summed E-state index contributed by atoms with van der Waals surface area (Å²) in [6.45, 7) is 10.0. The van der Waals surface area contributed by atoms with Crippen LogP contribution in [0.15, 0.2) is 15.0 Å². The minimum absolute atomic E-state index is 0.0265. The number of carbonyl (C=O) groups is 2. The summed E-state index contributed by atoms with van der Waals surface area (Å²) in [7, 11) is 0. The Labute approximate surface area is 198 Å². The first kappa shape index (κ1) is 22.5. The number of nitrogens with one attached hydrogen (secondary N) is 4. The van der Waals surface area contributed by atoms with Crippen molar-refractivity contribution < 1.29 is 9.59 Å².